The zero-order valence-electron chi connectivity index (χ0n) is 59.7. The molecule has 0 radical (unpaired) electrons. The van der Waals surface area contributed by atoms with Crippen molar-refractivity contribution >= 4 is 81.3 Å². The number of hydrogen-bond acceptors (Lipinski definition) is 8. The number of carbonyl (C=O) groups is 2. The predicted octanol–water partition coefficient (Wildman–Crippen LogP) is 19.0. The lowest BCUT2D eigenvalue weighted by Crippen LogP contribution is -2.35. The van der Waals surface area contributed by atoms with Crippen LogP contribution in [0.1, 0.15) is 238 Å². The van der Waals surface area contributed by atoms with Gasteiger partial charge in [0.25, 0.3) is 0 Å². The first kappa shape index (κ1) is 73.9. The molecule has 0 aromatic heterocycles. The van der Waals surface area contributed by atoms with E-state index in [1.54, 1.807) is 52.0 Å². The third-order valence-corrected chi connectivity index (χ3v) is 23.6. The largest absolute Gasteiger partial charge is 0.477 e. The number of hydrogen-bond donors (Lipinski definition) is 0. The van der Waals surface area contributed by atoms with Crippen molar-refractivity contribution in [2.24, 2.45) is 0 Å². The summed E-state index contributed by atoms with van der Waals surface area (Å²) in [7, 11) is -8.92. The van der Waals surface area contributed by atoms with E-state index in [9.17, 15) is 9.59 Å². The highest BCUT2D eigenvalue weighted by atomic mass is 35.5. The summed E-state index contributed by atoms with van der Waals surface area (Å²) in [6.07, 6.45) is -2.62. The summed E-state index contributed by atoms with van der Waals surface area (Å²) in [5.74, 6) is -1.50. The van der Waals surface area contributed by atoms with Gasteiger partial charge < -0.3 is 28.1 Å². The summed E-state index contributed by atoms with van der Waals surface area (Å²) in [4.78, 5) is 28.4. The van der Waals surface area contributed by atoms with Gasteiger partial charge in [-0.25, -0.2) is 9.59 Å². The normalized spacial score (nSPS) is 14.1. The highest BCUT2D eigenvalue weighted by molar-refractivity contribution is 7.86. The molecule has 1 unspecified atom stereocenters. The first-order valence-corrected chi connectivity index (χ1v) is 36.2. The maximum atomic E-state index is 19.0. The second-order valence-corrected chi connectivity index (χ2v) is 39.1. The molecule has 0 aliphatic heterocycles. The molecular weight excluding hydrogens is 1200 g/mol. The van der Waals surface area contributed by atoms with Crippen LogP contribution in [0.15, 0.2) is 97.1 Å². The van der Waals surface area contributed by atoms with E-state index in [2.05, 4.69) is 239 Å². The highest BCUT2D eigenvalue weighted by Crippen LogP contribution is 2.57. The van der Waals surface area contributed by atoms with Crippen LogP contribution in [0.25, 0.3) is 11.1 Å². The summed E-state index contributed by atoms with van der Waals surface area (Å²) in [6, 6.07) is 32.3. The van der Waals surface area contributed by atoms with Gasteiger partial charge in [0.2, 0.25) is 0 Å². The number of carbonyl (C=O) groups excluding carboxylic acids is 2. The Labute approximate surface area is 552 Å². The summed E-state index contributed by atoms with van der Waals surface area (Å²) in [6.45, 7) is 58.4. The number of rotatable bonds is 15. The Bertz CT molecular complexity index is 3240. The fourth-order valence-electron chi connectivity index (χ4n) is 10.8. The Morgan fingerprint density at radius 1 is 0.356 bits per heavy atom. The van der Waals surface area contributed by atoms with E-state index in [4.69, 9.17) is 42.1 Å². The molecule has 2 atom stereocenters. The van der Waals surface area contributed by atoms with Gasteiger partial charge in [0, 0.05) is 43.0 Å². The van der Waals surface area contributed by atoms with Crippen molar-refractivity contribution in [1.29, 1.82) is 0 Å². The standard InChI is InChI=1S/C78H106Cl2O8P2/c1-29-85-69(81)47(3)87-67-61(79)31-33-63(89(83,57-39-49(71(5,6)7)35-50(40-57)72(8,9)10)58-41-51(73(11,12)13)36-52(42-58)74(14,15)16)65(67)66-64(34-32-62(80)68(66)88-48(4)70(82)86-30-2)90(84,59-43-53(75(17,18)19)37-54(44-59)76(20,21)22)60-45-55(77(23,24)25)38-56(46-60)78(26,27)28/h31-48H,29-30H2,1-28H3/t47-,48?/m0/s1. The zero-order valence-corrected chi connectivity index (χ0v) is 63.0. The van der Waals surface area contributed by atoms with Crippen molar-refractivity contribution in [1.82, 2.24) is 0 Å². The topological polar surface area (TPSA) is 105 Å². The molecule has 0 bridgehead atoms. The highest BCUT2D eigenvalue weighted by Gasteiger charge is 2.45. The lowest BCUT2D eigenvalue weighted by Gasteiger charge is -2.34. The van der Waals surface area contributed by atoms with Crippen molar-refractivity contribution < 1.29 is 37.7 Å². The third kappa shape index (κ3) is 15.9. The molecule has 8 nitrogen and oxygen atoms in total. The van der Waals surface area contributed by atoms with E-state index in [1.165, 1.54) is 0 Å². The SMILES string of the molecule is CCOC(=O)C(C)Oc1c(Cl)ccc(P(=O)(c2cc(C(C)(C)C)cc(C(C)(C)C)c2)c2cc(C(C)(C)C)cc(C(C)(C)C)c2)c1-c1c(P(=O)(c2cc(C(C)(C)C)cc(C(C)(C)C)c2)c2cc(C(C)(C)C)cc(C(C)(C)C)c2)ccc(Cl)c1O[C@@H](C)C(=O)OCC. The Hall–Kier alpha value is -5.10. The quantitative estimate of drug-likeness (QED) is 0.0740. The van der Waals surface area contributed by atoms with Gasteiger partial charge in [-0.05, 0) is 188 Å². The van der Waals surface area contributed by atoms with Gasteiger partial charge >= 0.3 is 11.9 Å². The van der Waals surface area contributed by atoms with Crippen LogP contribution in [0.4, 0.5) is 0 Å². The molecule has 6 aromatic carbocycles. The van der Waals surface area contributed by atoms with Crippen LogP contribution in [0.5, 0.6) is 11.5 Å². The van der Waals surface area contributed by atoms with Crippen molar-refractivity contribution in [3.8, 4) is 22.6 Å². The van der Waals surface area contributed by atoms with E-state index in [-0.39, 0.29) is 56.5 Å². The molecule has 0 heterocycles. The predicted molar refractivity (Wildman–Crippen MR) is 384 cm³/mol. The van der Waals surface area contributed by atoms with Crippen molar-refractivity contribution in [2.45, 2.75) is 249 Å². The number of benzene rings is 6. The minimum Gasteiger partial charge on any atom is -0.477 e. The van der Waals surface area contributed by atoms with Crippen LogP contribution < -0.4 is 41.3 Å². The van der Waals surface area contributed by atoms with Crippen LogP contribution in [-0.4, -0.2) is 37.4 Å². The van der Waals surface area contributed by atoms with Gasteiger partial charge in [-0.2, -0.15) is 0 Å². The van der Waals surface area contributed by atoms with Crippen LogP contribution >= 0.6 is 37.5 Å². The molecule has 0 saturated carbocycles. The Morgan fingerprint density at radius 3 is 0.711 bits per heavy atom. The molecule has 12 heteroatoms. The molecule has 490 valence electrons. The lowest BCUT2D eigenvalue weighted by atomic mass is 9.81. The second-order valence-electron chi connectivity index (χ2n) is 32.9. The second kappa shape index (κ2) is 26.0. The smallest absolute Gasteiger partial charge is 0.347 e. The van der Waals surface area contributed by atoms with E-state index >= 15 is 9.13 Å². The average Bonchev–Trinajstić information content (AvgIpc) is 0.719. The van der Waals surface area contributed by atoms with Crippen molar-refractivity contribution in [3.63, 3.8) is 0 Å². The molecule has 0 fully saturated rings. The number of halogens is 2. The summed E-state index contributed by atoms with van der Waals surface area (Å²) in [5, 5.41) is 2.62. The maximum Gasteiger partial charge on any atom is 0.347 e. The maximum absolute atomic E-state index is 19.0. The molecule has 6 rings (SSSR count). The Kier molecular flexibility index (Phi) is 21.4. The van der Waals surface area contributed by atoms with Gasteiger partial charge in [-0.1, -0.05) is 214 Å². The van der Waals surface area contributed by atoms with E-state index in [0.29, 0.717) is 21.2 Å². The van der Waals surface area contributed by atoms with Crippen molar-refractivity contribution in [3.05, 3.63) is 152 Å². The molecular formula is C78H106Cl2O8P2. The fourth-order valence-corrected chi connectivity index (χ4v) is 17.1. The minimum atomic E-state index is -4.46. The molecule has 0 amide bonds. The zero-order chi connectivity index (χ0) is 68.4. The van der Waals surface area contributed by atoms with Crippen LogP contribution in [0.3, 0.4) is 0 Å². The average molecular weight is 1300 g/mol. The van der Waals surface area contributed by atoms with E-state index in [1.807, 2.05) is 0 Å². The van der Waals surface area contributed by atoms with Gasteiger partial charge in [-0.15, -0.1) is 0 Å². The van der Waals surface area contributed by atoms with E-state index < -0.39 is 81.8 Å². The van der Waals surface area contributed by atoms with Gasteiger partial charge in [-0.3, -0.25) is 0 Å². The van der Waals surface area contributed by atoms with Gasteiger partial charge in [0.1, 0.15) is 11.5 Å². The molecule has 6 aromatic rings. The minimum absolute atomic E-state index is 0.0359. The molecule has 0 spiro atoms. The first-order valence-electron chi connectivity index (χ1n) is 32.0. The summed E-state index contributed by atoms with van der Waals surface area (Å²) in [5.41, 5.74) is 4.38. The lowest BCUT2D eigenvalue weighted by molar-refractivity contribution is -0.151. The van der Waals surface area contributed by atoms with E-state index in [0.717, 1.165) is 44.5 Å². The summed E-state index contributed by atoms with van der Waals surface area (Å²) >= 11 is 15.5. The monoisotopic (exact) mass is 1300 g/mol. The summed E-state index contributed by atoms with van der Waals surface area (Å²) < 4.78 is 63.6. The van der Waals surface area contributed by atoms with Crippen LogP contribution in [0, 0.1) is 0 Å². The van der Waals surface area contributed by atoms with Crippen molar-refractivity contribution in [2.75, 3.05) is 13.2 Å². The number of esters is 2. The van der Waals surface area contributed by atoms with Crippen LogP contribution in [-0.2, 0) is 71.5 Å². The third-order valence-electron chi connectivity index (χ3n) is 17.0. The van der Waals surface area contributed by atoms with Crippen LogP contribution in [0.2, 0.25) is 10.0 Å². The molecule has 90 heavy (non-hydrogen) atoms. The van der Waals surface area contributed by atoms with Gasteiger partial charge in [0.15, 0.2) is 26.5 Å². The molecule has 0 saturated heterocycles. The molecule has 0 aliphatic carbocycles. The Balaban J connectivity index is 2.16. The molecule has 0 N–H and O–H groups in total. The Morgan fingerprint density at radius 2 is 0.544 bits per heavy atom. The first-order chi connectivity index (χ1) is 40.8. The number of ether oxygens (including phenoxy) is 4. The molecule has 0 aliphatic rings. The fraction of sp³-hybridized carbons (Fsp3) is 0.513. The van der Waals surface area contributed by atoms with Gasteiger partial charge in [0.05, 0.1) is 23.3 Å².